The van der Waals surface area contributed by atoms with Crippen LogP contribution in [0.3, 0.4) is 0 Å². The van der Waals surface area contributed by atoms with Crippen molar-refractivity contribution in [1.82, 2.24) is 9.97 Å². The van der Waals surface area contributed by atoms with Crippen molar-refractivity contribution in [2.45, 2.75) is 71.1 Å². The molecule has 116 valence electrons. The van der Waals surface area contributed by atoms with Gasteiger partial charge in [-0.3, -0.25) is 0 Å². The Kier molecular flexibility index (Phi) is 4.29. The number of aryl methyl sites for hydroxylation is 1. The summed E-state index contributed by atoms with van der Waals surface area (Å²) < 4.78 is 5.93. The van der Waals surface area contributed by atoms with Gasteiger partial charge >= 0.3 is 0 Å². The highest BCUT2D eigenvalue weighted by atomic mass is 16.5. The Hall–Kier alpha value is -1.36. The van der Waals surface area contributed by atoms with E-state index in [1.807, 2.05) is 0 Å². The molecule has 2 saturated heterocycles. The fourth-order valence-corrected chi connectivity index (χ4v) is 3.24. The summed E-state index contributed by atoms with van der Waals surface area (Å²) in [6.45, 7) is 7.29. The van der Waals surface area contributed by atoms with Crippen molar-refractivity contribution in [3.8, 4) is 0 Å². The molecule has 3 atom stereocenters. The number of aromatic nitrogens is 2. The summed E-state index contributed by atoms with van der Waals surface area (Å²) >= 11 is 0. The minimum atomic E-state index is 0.362. The van der Waals surface area contributed by atoms with Crippen molar-refractivity contribution in [2.75, 3.05) is 17.2 Å². The SMILES string of the molecule is CCCNc1nc(CC)nc(NC2CC3CCC2O3)c1C. The molecular formula is C16H26N4O. The average molecular weight is 290 g/mol. The van der Waals surface area contributed by atoms with E-state index in [9.17, 15) is 0 Å². The fraction of sp³-hybridized carbons (Fsp3) is 0.750. The Bertz CT molecular complexity index is 505. The summed E-state index contributed by atoms with van der Waals surface area (Å²) in [7, 11) is 0. The molecule has 2 aliphatic heterocycles. The fourth-order valence-electron chi connectivity index (χ4n) is 3.24. The van der Waals surface area contributed by atoms with Gasteiger partial charge in [0, 0.05) is 18.5 Å². The van der Waals surface area contributed by atoms with Crippen LogP contribution in [0.5, 0.6) is 0 Å². The minimum absolute atomic E-state index is 0.362. The monoisotopic (exact) mass is 290 g/mol. The second-order valence-electron chi connectivity index (χ2n) is 6.10. The molecule has 2 aliphatic rings. The van der Waals surface area contributed by atoms with Crippen LogP contribution >= 0.6 is 0 Å². The molecule has 3 unspecified atom stereocenters. The molecule has 0 amide bonds. The predicted molar refractivity (Wildman–Crippen MR) is 84.9 cm³/mol. The highest BCUT2D eigenvalue weighted by Crippen LogP contribution is 2.36. The van der Waals surface area contributed by atoms with Crippen LogP contribution in [0, 0.1) is 6.92 Å². The zero-order valence-corrected chi connectivity index (χ0v) is 13.3. The third kappa shape index (κ3) is 2.98. The van der Waals surface area contributed by atoms with Crippen LogP contribution in [0.25, 0.3) is 0 Å². The molecule has 3 heterocycles. The van der Waals surface area contributed by atoms with Gasteiger partial charge in [-0.15, -0.1) is 0 Å². The first-order valence-corrected chi connectivity index (χ1v) is 8.24. The molecule has 5 nitrogen and oxygen atoms in total. The van der Waals surface area contributed by atoms with Crippen LogP contribution < -0.4 is 10.6 Å². The number of hydrogen-bond acceptors (Lipinski definition) is 5. The third-order valence-corrected chi connectivity index (χ3v) is 4.48. The number of anilines is 2. The zero-order valence-electron chi connectivity index (χ0n) is 13.3. The van der Waals surface area contributed by atoms with Gasteiger partial charge in [-0.2, -0.15) is 0 Å². The minimum Gasteiger partial charge on any atom is -0.373 e. The van der Waals surface area contributed by atoms with Crippen molar-refractivity contribution >= 4 is 11.6 Å². The molecule has 0 spiro atoms. The molecule has 0 saturated carbocycles. The van der Waals surface area contributed by atoms with E-state index in [0.717, 1.165) is 48.8 Å². The maximum Gasteiger partial charge on any atom is 0.135 e. The molecule has 0 radical (unpaired) electrons. The number of fused-ring (bicyclic) bond motifs is 2. The van der Waals surface area contributed by atoms with Gasteiger partial charge in [0.25, 0.3) is 0 Å². The molecule has 2 bridgehead atoms. The van der Waals surface area contributed by atoms with Gasteiger partial charge in [0.1, 0.15) is 17.5 Å². The first-order chi connectivity index (χ1) is 10.2. The normalized spacial score (nSPS) is 27.1. The third-order valence-electron chi connectivity index (χ3n) is 4.48. The second kappa shape index (κ2) is 6.18. The van der Waals surface area contributed by atoms with Crippen LogP contribution in [0.4, 0.5) is 11.6 Å². The average Bonchev–Trinajstić information content (AvgIpc) is 3.10. The summed E-state index contributed by atoms with van der Waals surface area (Å²) in [4.78, 5) is 9.31. The number of rotatable bonds is 6. The second-order valence-corrected chi connectivity index (χ2v) is 6.10. The molecule has 1 aromatic rings. The maximum atomic E-state index is 5.93. The topological polar surface area (TPSA) is 59.1 Å². The number of hydrogen-bond donors (Lipinski definition) is 2. The van der Waals surface area contributed by atoms with Crippen molar-refractivity contribution in [2.24, 2.45) is 0 Å². The van der Waals surface area contributed by atoms with Gasteiger partial charge in [-0.25, -0.2) is 9.97 Å². The molecule has 3 rings (SSSR count). The van der Waals surface area contributed by atoms with E-state index in [-0.39, 0.29) is 0 Å². The van der Waals surface area contributed by atoms with E-state index in [2.05, 4.69) is 41.4 Å². The van der Waals surface area contributed by atoms with E-state index in [1.165, 1.54) is 12.8 Å². The van der Waals surface area contributed by atoms with Gasteiger partial charge in [0.2, 0.25) is 0 Å². The molecule has 2 fully saturated rings. The Morgan fingerprint density at radius 2 is 2.00 bits per heavy atom. The van der Waals surface area contributed by atoms with Gasteiger partial charge in [-0.1, -0.05) is 13.8 Å². The summed E-state index contributed by atoms with van der Waals surface area (Å²) in [6.07, 6.45) is 6.26. The van der Waals surface area contributed by atoms with E-state index in [1.54, 1.807) is 0 Å². The Morgan fingerprint density at radius 1 is 1.19 bits per heavy atom. The summed E-state index contributed by atoms with van der Waals surface area (Å²) in [6, 6.07) is 0.404. The zero-order chi connectivity index (χ0) is 14.8. The lowest BCUT2D eigenvalue weighted by atomic mass is 9.95. The smallest absolute Gasteiger partial charge is 0.135 e. The van der Waals surface area contributed by atoms with Crippen LogP contribution in [-0.2, 0) is 11.2 Å². The number of ether oxygens (including phenoxy) is 1. The summed E-state index contributed by atoms with van der Waals surface area (Å²) in [5.74, 6) is 2.84. The standard InChI is InChI=1S/C16H26N4O/c1-4-8-17-15-10(3)16(20-14(5-2)19-15)18-12-9-11-6-7-13(12)21-11/h11-13H,4-9H2,1-3H3,(H2,17,18,19,20). The lowest BCUT2D eigenvalue weighted by Gasteiger charge is -2.23. The van der Waals surface area contributed by atoms with E-state index >= 15 is 0 Å². The first kappa shape index (κ1) is 14.6. The Labute approximate surface area is 126 Å². The molecule has 21 heavy (non-hydrogen) atoms. The van der Waals surface area contributed by atoms with E-state index < -0.39 is 0 Å². The lowest BCUT2D eigenvalue weighted by Crippen LogP contribution is -2.31. The highest BCUT2D eigenvalue weighted by molar-refractivity contribution is 5.58. The number of nitrogens with zero attached hydrogens (tertiary/aromatic N) is 2. The molecule has 1 aromatic heterocycles. The van der Waals surface area contributed by atoms with Crippen molar-refractivity contribution in [3.05, 3.63) is 11.4 Å². The molecule has 2 N–H and O–H groups in total. The van der Waals surface area contributed by atoms with Crippen LogP contribution in [-0.4, -0.2) is 34.8 Å². The maximum absolute atomic E-state index is 5.93. The predicted octanol–water partition coefficient (Wildman–Crippen LogP) is 2.90. The Morgan fingerprint density at radius 3 is 2.62 bits per heavy atom. The van der Waals surface area contributed by atoms with Crippen LogP contribution in [0.1, 0.15) is 50.9 Å². The number of nitrogens with one attached hydrogen (secondary N) is 2. The van der Waals surface area contributed by atoms with E-state index in [4.69, 9.17) is 4.74 Å². The van der Waals surface area contributed by atoms with E-state index in [0.29, 0.717) is 18.2 Å². The van der Waals surface area contributed by atoms with Gasteiger partial charge in [0.05, 0.1) is 18.2 Å². The van der Waals surface area contributed by atoms with Gasteiger partial charge < -0.3 is 15.4 Å². The van der Waals surface area contributed by atoms with Gasteiger partial charge in [0.15, 0.2) is 0 Å². The first-order valence-electron chi connectivity index (χ1n) is 8.24. The quantitative estimate of drug-likeness (QED) is 0.843. The van der Waals surface area contributed by atoms with Crippen molar-refractivity contribution < 1.29 is 4.74 Å². The highest BCUT2D eigenvalue weighted by Gasteiger charge is 2.41. The van der Waals surface area contributed by atoms with Gasteiger partial charge in [-0.05, 0) is 32.6 Å². The molecule has 0 aliphatic carbocycles. The van der Waals surface area contributed by atoms with Crippen LogP contribution in [0.15, 0.2) is 0 Å². The largest absolute Gasteiger partial charge is 0.373 e. The molecular weight excluding hydrogens is 264 g/mol. The molecule has 5 heteroatoms. The van der Waals surface area contributed by atoms with Crippen molar-refractivity contribution in [3.63, 3.8) is 0 Å². The Balaban J connectivity index is 1.79. The van der Waals surface area contributed by atoms with Crippen LogP contribution in [0.2, 0.25) is 0 Å². The van der Waals surface area contributed by atoms with Crippen molar-refractivity contribution in [1.29, 1.82) is 0 Å². The summed E-state index contributed by atoms with van der Waals surface area (Å²) in [5, 5.41) is 7.03. The lowest BCUT2D eigenvalue weighted by molar-refractivity contribution is 0.102. The molecule has 0 aromatic carbocycles. The summed E-state index contributed by atoms with van der Waals surface area (Å²) in [5.41, 5.74) is 1.11.